The molecule has 0 atom stereocenters. The van der Waals surface area contributed by atoms with E-state index in [-0.39, 0.29) is 11.2 Å². The molecule has 5 heteroatoms. The standard InChI is InChI=1S/C14H30N2O2S/c1-4-9-15-10-7-12-19(17,18)16-11-8-14(5-2,6-3)13-16/h15H,4-13H2,1-3H3. The van der Waals surface area contributed by atoms with Crippen molar-refractivity contribution in [2.45, 2.75) is 52.9 Å². The Morgan fingerprint density at radius 2 is 1.84 bits per heavy atom. The van der Waals surface area contributed by atoms with E-state index < -0.39 is 10.0 Å². The van der Waals surface area contributed by atoms with Crippen LogP contribution < -0.4 is 5.32 Å². The van der Waals surface area contributed by atoms with E-state index in [1.54, 1.807) is 4.31 Å². The Morgan fingerprint density at radius 3 is 2.37 bits per heavy atom. The van der Waals surface area contributed by atoms with E-state index in [1.807, 2.05) is 0 Å². The minimum absolute atomic E-state index is 0.230. The summed E-state index contributed by atoms with van der Waals surface area (Å²) in [7, 11) is -3.05. The van der Waals surface area contributed by atoms with Crippen LogP contribution in [0.1, 0.15) is 52.9 Å². The second-order valence-corrected chi connectivity index (χ2v) is 7.80. The van der Waals surface area contributed by atoms with Crippen molar-refractivity contribution in [3.05, 3.63) is 0 Å². The molecule has 1 fully saturated rings. The van der Waals surface area contributed by atoms with Crippen LogP contribution in [-0.4, -0.2) is 44.7 Å². The normalized spacial score (nSPS) is 19.9. The molecule has 0 unspecified atom stereocenters. The molecule has 0 aliphatic carbocycles. The summed E-state index contributed by atoms with van der Waals surface area (Å²) in [5, 5.41) is 3.25. The van der Waals surface area contributed by atoms with Crippen LogP contribution in [0.25, 0.3) is 0 Å². The average molecular weight is 290 g/mol. The zero-order valence-electron chi connectivity index (χ0n) is 12.7. The quantitative estimate of drug-likeness (QED) is 0.662. The Balaban J connectivity index is 2.42. The Bertz CT molecular complexity index is 350. The van der Waals surface area contributed by atoms with Crippen LogP contribution in [-0.2, 0) is 10.0 Å². The lowest BCUT2D eigenvalue weighted by molar-refractivity contribution is 0.279. The lowest BCUT2D eigenvalue weighted by Crippen LogP contribution is -2.34. The van der Waals surface area contributed by atoms with E-state index in [0.717, 1.165) is 45.3 Å². The summed E-state index contributed by atoms with van der Waals surface area (Å²) in [6.07, 6.45) is 4.98. The van der Waals surface area contributed by atoms with Gasteiger partial charge in [0.25, 0.3) is 0 Å². The van der Waals surface area contributed by atoms with E-state index in [1.165, 1.54) is 0 Å². The van der Waals surface area contributed by atoms with Gasteiger partial charge in [0.05, 0.1) is 5.75 Å². The maximum atomic E-state index is 12.3. The number of hydrogen-bond donors (Lipinski definition) is 1. The SMILES string of the molecule is CCCNCCCS(=O)(=O)N1CCC(CC)(CC)C1. The first kappa shape index (κ1) is 16.9. The highest BCUT2D eigenvalue weighted by Gasteiger charge is 2.39. The first-order valence-corrected chi connectivity index (χ1v) is 9.29. The third-order valence-electron chi connectivity index (χ3n) is 4.48. The summed E-state index contributed by atoms with van der Waals surface area (Å²) in [5.41, 5.74) is 0.230. The topological polar surface area (TPSA) is 49.4 Å². The number of rotatable bonds is 9. The number of nitrogens with zero attached hydrogens (tertiary/aromatic N) is 1. The second kappa shape index (κ2) is 7.60. The molecule has 0 bridgehead atoms. The summed E-state index contributed by atoms with van der Waals surface area (Å²) in [4.78, 5) is 0. The van der Waals surface area contributed by atoms with Crippen molar-refractivity contribution < 1.29 is 8.42 Å². The maximum absolute atomic E-state index is 12.3. The third kappa shape index (κ3) is 4.72. The van der Waals surface area contributed by atoms with Crippen molar-refractivity contribution in [3.8, 4) is 0 Å². The number of hydrogen-bond acceptors (Lipinski definition) is 3. The van der Waals surface area contributed by atoms with E-state index >= 15 is 0 Å². The average Bonchev–Trinajstić information content (AvgIpc) is 2.84. The molecule has 0 aromatic carbocycles. The van der Waals surface area contributed by atoms with Gasteiger partial charge in [-0.2, -0.15) is 0 Å². The molecule has 0 amide bonds. The maximum Gasteiger partial charge on any atom is 0.214 e. The zero-order chi connectivity index (χ0) is 14.4. The summed E-state index contributed by atoms with van der Waals surface area (Å²) in [6, 6.07) is 0. The van der Waals surface area contributed by atoms with Crippen LogP contribution in [0, 0.1) is 5.41 Å². The van der Waals surface area contributed by atoms with Crippen LogP contribution in [0.3, 0.4) is 0 Å². The van der Waals surface area contributed by atoms with Gasteiger partial charge in [0.1, 0.15) is 0 Å². The summed E-state index contributed by atoms with van der Waals surface area (Å²) in [6.45, 7) is 9.68. The molecule has 1 heterocycles. The van der Waals surface area contributed by atoms with Crippen molar-refractivity contribution in [3.63, 3.8) is 0 Å². The number of sulfonamides is 1. The largest absolute Gasteiger partial charge is 0.317 e. The second-order valence-electron chi connectivity index (χ2n) is 5.71. The predicted octanol–water partition coefficient (Wildman–Crippen LogP) is 2.22. The highest BCUT2D eigenvalue weighted by molar-refractivity contribution is 7.89. The molecule has 1 N–H and O–H groups in total. The van der Waals surface area contributed by atoms with Crippen LogP contribution in [0.2, 0.25) is 0 Å². The third-order valence-corrected chi connectivity index (χ3v) is 6.38. The lowest BCUT2D eigenvalue weighted by Gasteiger charge is -2.26. The van der Waals surface area contributed by atoms with Gasteiger partial charge in [0.2, 0.25) is 10.0 Å². The Kier molecular flexibility index (Phi) is 6.77. The molecule has 114 valence electrons. The van der Waals surface area contributed by atoms with Gasteiger partial charge in [-0.1, -0.05) is 20.8 Å². The first-order valence-electron chi connectivity index (χ1n) is 7.68. The molecule has 1 aliphatic heterocycles. The van der Waals surface area contributed by atoms with Crippen molar-refractivity contribution in [1.29, 1.82) is 0 Å². The summed E-state index contributed by atoms with van der Waals surface area (Å²) in [5.74, 6) is 0.285. The highest BCUT2D eigenvalue weighted by atomic mass is 32.2. The van der Waals surface area contributed by atoms with Crippen molar-refractivity contribution >= 4 is 10.0 Å². The fraction of sp³-hybridized carbons (Fsp3) is 1.00. The Labute approximate surface area is 119 Å². The van der Waals surface area contributed by atoms with E-state index in [4.69, 9.17) is 0 Å². The molecule has 0 aromatic rings. The molecule has 1 saturated heterocycles. The van der Waals surface area contributed by atoms with Crippen molar-refractivity contribution in [1.82, 2.24) is 9.62 Å². The van der Waals surface area contributed by atoms with Crippen molar-refractivity contribution in [2.24, 2.45) is 5.41 Å². The van der Waals surface area contributed by atoms with Gasteiger partial charge in [0.15, 0.2) is 0 Å². The van der Waals surface area contributed by atoms with Gasteiger partial charge in [-0.25, -0.2) is 12.7 Å². The van der Waals surface area contributed by atoms with E-state index in [0.29, 0.717) is 13.0 Å². The fourth-order valence-electron chi connectivity index (χ4n) is 2.77. The van der Waals surface area contributed by atoms with Gasteiger partial charge in [-0.3, -0.25) is 0 Å². The first-order chi connectivity index (χ1) is 8.99. The van der Waals surface area contributed by atoms with Crippen LogP contribution in [0.15, 0.2) is 0 Å². The molecule has 0 radical (unpaired) electrons. The molecular weight excluding hydrogens is 260 g/mol. The van der Waals surface area contributed by atoms with Crippen LogP contribution in [0.4, 0.5) is 0 Å². The monoisotopic (exact) mass is 290 g/mol. The van der Waals surface area contributed by atoms with Gasteiger partial charge in [0, 0.05) is 13.1 Å². The van der Waals surface area contributed by atoms with Gasteiger partial charge < -0.3 is 5.32 Å². The zero-order valence-corrected chi connectivity index (χ0v) is 13.6. The minimum atomic E-state index is -3.05. The van der Waals surface area contributed by atoms with E-state index in [9.17, 15) is 8.42 Å². The fourth-order valence-corrected chi connectivity index (χ4v) is 4.38. The van der Waals surface area contributed by atoms with Crippen LogP contribution in [0.5, 0.6) is 0 Å². The Hall–Kier alpha value is -0.130. The minimum Gasteiger partial charge on any atom is -0.317 e. The molecule has 19 heavy (non-hydrogen) atoms. The summed E-state index contributed by atoms with van der Waals surface area (Å²) >= 11 is 0. The van der Waals surface area contributed by atoms with Crippen molar-refractivity contribution in [2.75, 3.05) is 31.9 Å². The lowest BCUT2D eigenvalue weighted by atomic mass is 9.82. The number of nitrogens with one attached hydrogen (secondary N) is 1. The smallest absolute Gasteiger partial charge is 0.214 e. The molecular formula is C14H30N2O2S. The predicted molar refractivity (Wildman–Crippen MR) is 80.8 cm³/mol. The highest BCUT2D eigenvalue weighted by Crippen LogP contribution is 2.38. The molecule has 0 aromatic heterocycles. The Morgan fingerprint density at radius 1 is 1.16 bits per heavy atom. The van der Waals surface area contributed by atoms with Crippen LogP contribution >= 0.6 is 0 Å². The molecule has 0 saturated carbocycles. The van der Waals surface area contributed by atoms with E-state index in [2.05, 4.69) is 26.1 Å². The van der Waals surface area contributed by atoms with Gasteiger partial charge in [-0.05, 0) is 50.6 Å². The molecule has 0 spiro atoms. The molecule has 4 nitrogen and oxygen atoms in total. The molecule has 1 aliphatic rings. The molecule has 1 rings (SSSR count). The summed E-state index contributed by atoms with van der Waals surface area (Å²) < 4.78 is 26.3. The van der Waals surface area contributed by atoms with Gasteiger partial charge >= 0.3 is 0 Å². The van der Waals surface area contributed by atoms with Gasteiger partial charge in [-0.15, -0.1) is 0 Å².